The fourth-order valence-electron chi connectivity index (χ4n) is 3.31. The molecule has 10 heteroatoms. The van der Waals surface area contributed by atoms with Gasteiger partial charge in [0.15, 0.2) is 0 Å². The number of hydrazone groups is 1. The lowest BCUT2D eigenvalue weighted by Gasteiger charge is -2.12. The summed E-state index contributed by atoms with van der Waals surface area (Å²) >= 11 is 4.52. The summed E-state index contributed by atoms with van der Waals surface area (Å²) in [7, 11) is 1.65. The Labute approximate surface area is 231 Å². The Balaban J connectivity index is 1.63. The van der Waals surface area contributed by atoms with Gasteiger partial charge in [-0.2, -0.15) is 20.1 Å². The van der Waals surface area contributed by atoms with Crippen LogP contribution in [0.2, 0.25) is 0 Å². The lowest BCUT2D eigenvalue weighted by Crippen LogP contribution is -2.08. The number of halogens is 2. The molecule has 0 unspecified atom stereocenters. The highest BCUT2D eigenvalue weighted by molar-refractivity contribution is 14.1. The SMILES string of the molecule is COc1c(I)cc(I)cc1/C=N/Nc1nc(Nc2ccccc2)nc(Nc2ccc(C)cc2C)n1. The number of aryl methyl sites for hydroxylation is 2. The fourth-order valence-corrected chi connectivity index (χ4v) is 5.42. The number of nitrogens with one attached hydrogen (secondary N) is 3. The van der Waals surface area contributed by atoms with Crippen LogP contribution in [0.1, 0.15) is 16.7 Å². The molecule has 0 atom stereocenters. The first-order valence-corrected chi connectivity index (χ1v) is 12.8. The van der Waals surface area contributed by atoms with Crippen LogP contribution in [0.5, 0.6) is 5.75 Å². The van der Waals surface area contributed by atoms with E-state index in [4.69, 9.17) is 4.74 Å². The van der Waals surface area contributed by atoms with Crippen LogP contribution in [0.15, 0.2) is 65.8 Å². The largest absolute Gasteiger partial charge is 0.495 e. The Morgan fingerprint density at radius 3 is 2.29 bits per heavy atom. The molecule has 178 valence electrons. The molecule has 0 aliphatic carbocycles. The van der Waals surface area contributed by atoms with Crippen LogP contribution >= 0.6 is 45.2 Å². The van der Waals surface area contributed by atoms with E-state index in [1.165, 1.54) is 5.56 Å². The molecule has 4 rings (SSSR count). The Kier molecular flexibility index (Phi) is 8.33. The van der Waals surface area contributed by atoms with Gasteiger partial charge in [-0.05, 0) is 94.9 Å². The van der Waals surface area contributed by atoms with Gasteiger partial charge in [-0.25, -0.2) is 5.43 Å². The van der Waals surface area contributed by atoms with Gasteiger partial charge in [0.05, 0.1) is 16.9 Å². The van der Waals surface area contributed by atoms with Gasteiger partial charge in [0.2, 0.25) is 17.8 Å². The van der Waals surface area contributed by atoms with E-state index in [9.17, 15) is 0 Å². The van der Waals surface area contributed by atoms with Crippen molar-refractivity contribution in [1.29, 1.82) is 0 Å². The summed E-state index contributed by atoms with van der Waals surface area (Å²) in [6.07, 6.45) is 1.69. The first-order valence-electron chi connectivity index (χ1n) is 10.7. The van der Waals surface area contributed by atoms with Crippen molar-refractivity contribution in [2.24, 2.45) is 5.10 Å². The second kappa shape index (κ2) is 11.6. The normalized spacial score (nSPS) is 10.9. The highest BCUT2D eigenvalue weighted by Gasteiger charge is 2.10. The van der Waals surface area contributed by atoms with E-state index in [0.29, 0.717) is 17.8 Å². The van der Waals surface area contributed by atoms with Gasteiger partial charge in [0, 0.05) is 20.5 Å². The van der Waals surface area contributed by atoms with Crippen LogP contribution in [0.4, 0.5) is 29.2 Å². The van der Waals surface area contributed by atoms with E-state index in [0.717, 1.165) is 35.4 Å². The van der Waals surface area contributed by atoms with Crippen LogP contribution in [-0.2, 0) is 0 Å². The van der Waals surface area contributed by atoms with Crippen molar-refractivity contribution in [3.8, 4) is 5.75 Å². The minimum Gasteiger partial charge on any atom is -0.495 e. The third-order valence-corrected chi connectivity index (χ3v) is 6.33. The lowest BCUT2D eigenvalue weighted by molar-refractivity contribution is 0.411. The average molecular weight is 691 g/mol. The van der Waals surface area contributed by atoms with Gasteiger partial charge in [-0.1, -0.05) is 35.9 Å². The van der Waals surface area contributed by atoms with Crippen LogP contribution < -0.4 is 20.8 Å². The zero-order valence-corrected chi connectivity index (χ0v) is 23.6. The van der Waals surface area contributed by atoms with Gasteiger partial charge in [-0.15, -0.1) is 0 Å². The maximum absolute atomic E-state index is 5.53. The predicted octanol–water partition coefficient (Wildman–Crippen LogP) is 6.64. The summed E-state index contributed by atoms with van der Waals surface area (Å²) < 4.78 is 7.63. The van der Waals surface area contributed by atoms with E-state index in [-0.39, 0.29) is 0 Å². The molecule has 0 aliphatic heterocycles. The molecule has 3 aromatic carbocycles. The molecule has 0 amide bonds. The van der Waals surface area contributed by atoms with E-state index >= 15 is 0 Å². The summed E-state index contributed by atoms with van der Waals surface area (Å²) in [6.45, 7) is 4.10. The number of methoxy groups -OCH3 is 1. The number of para-hydroxylation sites is 1. The molecule has 4 aromatic rings. The zero-order chi connectivity index (χ0) is 24.8. The second-order valence-electron chi connectivity index (χ2n) is 7.62. The second-order valence-corrected chi connectivity index (χ2v) is 10.0. The zero-order valence-electron chi connectivity index (χ0n) is 19.3. The molecular weight excluding hydrogens is 668 g/mol. The van der Waals surface area contributed by atoms with Gasteiger partial charge in [0.1, 0.15) is 5.75 Å². The molecule has 35 heavy (non-hydrogen) atoms. The molecule has 8 nitrogen and oxygen atoms in total. The first-order chi connectivity index (χ1) is 16.9. The van der Waals surface area contributed by atoms with Crippen LogP contribution in [-0.4, -0.2) is 28.3 Å². The van der Waals surface area contributed by atoms with E-state index in [1.807, 2.05) is 61.5 Å². The quantitative estimate of drug-likeness (QED) is 0.108. The standard InChI is InChI=1S/C25H23I2N7O/c1-15-9-10-21(16(2)11-15)30-24-31-23(29-19-7-5-4-6-8-19)32-25(33-24)34-28-14-17-12-18(26)13-20(27)22(17)35-3/h4-14H,1-3H3,(H3,29,30,31,32,33,34)/b28-14+. The van der Waals surface area contributed by atoms with Gasteiger partial charge < -0.3 is 15.4 Å². The van der Waals surface area contributed by atoms with Crippen molar-refractivity contribution in [2.45, 2.75) is 13.8 Å². The van der Waals surface area contributed by atoms with Crippen molar-refractivity contribution >= 4 is 80.6 Å². The lowest BCUT2D eigenvalue weighted by atomic mass is 10.1. The van der Waals surface area contributed by atoms with Gasteiger partial charge in [-0.3, -0.25) is 0 Å². The minimum absolute atomic E-state index is 0.293. The number of anilines is 5. The third kappa shape index (κ3) is 6.78. The molecule has 0 aliphatic rings. The van der Waals surface area contributed by atoms with Crippen molar-refractivity contribution in [2.75, 3.05) is 23.2 Å². The maximum atomic E-state index is 5.53. The Bertz CT molecular complexity index is 1360. The molecule has 3 N–H and O–H groups in total. The molecule has 1 aromatic heterocycles. The van der Waals surface area contributed by atoms with Crippen molar-refractivity contribution in [3.63, 3.8) is 0 Å². The average Bonchev–Trinajstić information content (AvgIpc) is 2.81. The van der Waals surface area contributed by atoms with E-state index in [2.05, 4.69) is 94.3 Å². The summed E-state index contributed by atoms with van der Waals surface area (Å²) in [5.41, 5.74) is 7.84. The van der Waals surface area contributed by atoms with Gasteiger partial charge in [0.25, 0.3) is 0 Å². The molecule has 0 bridgehead atoms. The Hall–Kier alpha value is -3.00. The first kappa shape index (κ1) is 25.1. The Morgan fingerprint density at radius 2 is 1.57 bits per heavy atom. The van der Waals surface area contributed by atoms with Gasteiger partial charge >= 0.3 is 0 Å². The molecule has 0 fully saturated rings. The summed E-state index contributed by atoms with van der Waals surface area (Å²) in [6, 6.07) is 19.9. The van der Waals surface area contributed by atoms with E-state index in [1.54, 1.807) is 13.3 Å². The van der Waals surface area contributed by atoms with Crippen LogP contribution in [0.25, 0.3) is 0 Å². The number of nitrogens with zero attached hydrogens (tertiary/aromatic N) is 4. The third-order valence-electron chi connectivity index (χ3n) is 4.90. The summed E-state index contributed by atoms with van der Waals surface area (Å²) in [4.78, 5) is 13.5. The van der Waals surface area contributed by atoms with Crippen LogP contribution in [0, 0.1) is 21.0 Å². The van der Waals surface area contributed by atoms with Crippen LogP contribution in [0.3, 0.4) is 0 Å². The highest BCUT2D eigenvalue weighted by Crippen LogP contribution is 2.27. The number of hydrogen-bond donors (Lipinski definition) is 3. The topological polar surface area (TPSA) is 96.4 Å². The molecular formula is C25H23I2N7O. The highest BCUT2D eigenvalue weighted by atomic mass is 127. The number of hydrogen-bond acceptors (Lipinski definition) is 8. The molecule has 0 saturated heterocycles. The maximum Gasteiger partial charge on any atom is 0.250 e. The molecule has 1 heterocycles. The summed E-state index contributed by atoms with van der Waals surface area (Å²) in [5.74, 6) is 1.83. The molecule has 0 spiro atoms. The van der Waals surface area contributed by atoms with Crippen molar-refractivity contribution in [3.05, 3.63) is 84.5 Å². The predicted molar refractivity (Wildman–Crippen MR) is 158 cm³/mol. The minimum atomic E-state index is 0.293. The number of ether oxygens (including phenoxy) is 1. The van der Waals surface area contributed by atoms with E-state index < -0.39 is 0 Å². The molecule has 0 radical (unpaired) electrons. The van der Waals surface area contributed by atoms with Crippen molar-refractivity contribution in [1.82, 2.24) is 15.0 Å². The summed E-state index contributed by atoms with van der Waals surface area (Å²) in [5, 5.41) is 10.9. The smallest absolute Gasteiger partial charge is 0.250 e. The fraction of sp³-hybridized carbons (Fsp3) is 0.120. The monoisotopic (exact) mass is 691 g/mol. The molecule has 0 saturated carbocycles. The number of aromatic nitrogens is 3. The number of benzene rings is 3. The number of rotatable bonds is 8. The van der Waals surface area contributed by atoms with Crippen molar-refractivity contribution < 1.29 is 4.74 Å². The Morgan fingerprint density at radius 1 is 0.857 bits per heavy atom.